The second-order valence-corrected chi connectivity index (χ2v) is 8.03. The van der Waals surface area contributed by atoms with Crippen molar-refractivity contribution in [3.63, 3.8) is 0 Å². The van der Waals surface area contributed by atoms with Crippen molar-refractivity contribution in [1.82, 2.24) is 4.90 Å². The second-order valence-electron chi connectivity index (χ2n) is 4.81. The van der Waals surface area contributed by atoms with E-state index in [0.29, 0.717) is 6.61 Å². The number of hydrogen-bond acceptors (Lipinski definition) is 6. The van der Waals surface area contributed by atoms with Crippen LogP contribution in [0.4, 0.5) is 0 Å². The fourth-order valence-electron chi connectivity index (χ4n) is 1.53. The topological polar surface area (TPSA) is 157 Å². The zero-order chi connectivity index (χ0) is 17.2. The molecule has 0 aromatic carbocycles. The van der Waals surface area contributed by atoms with E-state index in [0.717, 1.165) is 11.3 Å². The van der Waals surface area contributed by atoms with Crippen LogP contribution in [0.2, 0.25) is 0 Å². The van der Waals surface area contributed by atoms with E-state index in [4.69, 9.17) is 29.0 Å². The van der Waals surface area contributed by atoms with Crippen molar-refractivity contribution in [2.24, 2.45) is 0 Å². The number of ether oxygens (including phenoxy) is 2. The average Bonchev–Trinajstić information content (AvgIpc) is 2.31. The minimum atomic E-state index is -4.44. The molecule has 0 aliphatic rings. The van der Waals surface area contributed by atoms with Gasteiger partial charge in [0.2, 0.25) is 0 Å². The first-order valence-electron chi connectivity index (χ1n) is 6.68. The van der Waals surface area contributed by atoms with Crippen molar-refractivity contribution in [3.05, 3.63) is 0 Å². The molecule has 5 N–H and O–H groups in total. The van der Waals surface area contributed by atoms with Gasteiger partial charge in [0.15, 0.2) is 0 Å². The number of hydrogen-bond donors (Lipinski definition) is 5. The molecule has 0 rings (SSSR count). The van der Waals surface area contributed by atoms with E-state index >= 15 is 0 Å². The number of aliphatic hydroxyl groups is 1. The van der Waals surface area contributed by atoms with Crippen LogP contribution in [0.3, 0.4) is 0 Å². The number of nitrogens with zero attached hydrogens (tertiary/aromatic N) is 1. The molecule has 10 nitrogen and oxygen atoms in total. The molecule has 1 atom stereocenters. The Morgan fingerprint density at radius 3 is 1.82 bits per heavy atom. The molecular formula is C10H25NO9P2. The Morgan fingerprint density at radius 1 is 0.955 bits per heavy atom. The third-order valence-electron chi connectivity index (χ3n) is 2.29. The van der Waals surface area contributed by atoms with Crippen LogP contribution in [0.15, 0.2) is 0 Å². The monoisotopic (exact) mass is 365 g/mol. The van der Waals surface area contributed by atoms with Gasteiger partial charge in [-0.05, 0) is 6.42 Å². The minimum Gasteiger partial charge on any atom is -0.388 e. The second kappa shape index (κ2) is 10.8. The van der Waals surface area contributed by atoms with Gasteiger partial charge in [0.25, 0.3) is 0 Å². The summed E-state index contributed by atoms with van der Waals surface area (Å²) in [5.41, 5.74) is 0. The highest BCUT2D eigenvalue weighted by atomic mass is 31.2. The molecule has 0 saturated heterocycles. The van der Waals surface area contributed by atoms with E-state index in [1.165, 1.54) is 0 Å². The van der Waals surface area contributed by atoms with E-state index in [9.17, 15) is 14.2 Å². The molecule has 0 aromatic rings. The van der Waals surface area contributed by atoms with Crippen LogP contribution in [-0.4, -0.2) is 81.2 Å². The molecule has 0 aromatic heterocycles. The highest BCUT2D eigenvalue weighted by Crippen LogP contribution is 2.40. The average molecular weight is 365 g/mol. The van der Waals surface area contributed by atoms with Gasteiger partial charge in [-0.25, -0.2) is 0 Å². The molecule has 134 valence electrons. The third-order valence-corrected chi connectivity index (χ3v) is 3.83. The van der Waals surface area contributed by atoms with Crippen molar-refractivity contribution in [2.45, 2.75) is 19.4 Å². The molecule has 12 heteroatoms. The van der Waals surface area contributed by atoms with E-state index in [1.54, 1.807) is 0 Å². The van der Waals surface area contributed by atoms with E-state index < -0.39 is 33.9 Å². The lowest BCUT2D eigenvalue weighted by molar-refractivity contribution is -0.0213. The highest BCUT2D eigenvalue weighted by molar-refractivity contribution is 7.52. The van der Waals surface area contributed by atoms with Crippen molar-refractivity contribution in [1.29, 1.82) is 0 Å². The first-order valence-corrected chi connectivity index (χ1v) is 10.3. The fourth-order valence-corrected chi connectivity index (χ4v) is 3.21. The van der Waals surface area contributed by atoms with Gasteiger partial charge in [-0.3, -0.25) is 14.0 Å². The van der Waals surface area contributed by atoms with Crippen LogP contribution in [0.1, 0.15) is 13.3 Å². The van der Waals surface area contributed by atoms with Crippen LogP contribution in [0.25, 0.3) is 0 Å². The molecule has 0 aliphatic heterocycles. The van der Waals surface area contributed by atoms with Crippen molar-refractivity contribution >= 4 is 15.2 Å². The molecule has 0 heterocycles. The molecule has 22 heavy (non-hydrogen) atoms. The summed E-state index contributed by atoms with van der Waals surface area (Å²) in [4.78, 5) is 36.4. The molecule has 1 unspecified atom stereocenters. The van der Waals surface area contributed by atoms with Gasteiger partial charge in [0.05, 0.1) is 19.8 Å². The quantitative estimate of drug-likeness (QED) is 0.210. The Bertz CT molecular complexity index is 359. The maximum Gasteiger partial charge on any atom is 0.339 e. The molecular weight excluding hydrogens is 340 g/mol. The first kappa shape index (κ1) is 22.1. The van der Waals surface area contributed by atoms with Crippen molar-refractivity contribution in [2.75, 3.05) is 45.5 Å². The Morgan fingerprint density at radius 2 is 1.41 bits per heavy atom. The van der Waals surface area contributed by atoms with Crippen molar-refractivity contribution < 1.29 is 43.3 Å². The summed E-state index contributed by atoms with van der Waals surface area (Å²) in [7, 11) is -8.87. The Hall–Kier alpha value is 0.140. The number of rotatable bonds is 13. The van der Waals surface area contributed by atoms with Gasteiger partial charge in [-0.1, -0.05) is 6.92 Å². The van der Waals surface area contributed by atoms with Gasteiger partial charge < -0.3 is 34.2 Å². The lowest BCUT2D eigenvalue weighted by Crippen LogP contribution is -2.31. The lowest BCUT2D eigenvalue weighted by atomic mass is 10.4. The lowest BCUT2D eigenvalue weighted by Gasteiger charge is -2.23. The minimum absolute atomic E-state index is 0.0369. The van der Waals surface area contributed by atoms with E-state index in [1.807, 2.05) is 6.92 Å². The summed E-state index contributed by atoms with van der Waals surface area (Å²) in [6.45, 7) is 2.41. The summed E-state index contributed by atoms with van der Waals surface area (Å²) in [6, 6.07) is 0. The Balaban J connectivity index is 4.07. The zero-order valence-corrected chi connectivity index (χ0v) is 14.2. The molecule has 0 saturated carbocycles. The van der Waals surface area contributed by atoms with Crippen LogP contribution in [-0.2, 0) is 18.6 Å². The maximum atomic E-state index is 10.9. The zero-order valence-electron chi connectivity index (χ0n) is 12.4. The molecule has 0 radical (unpaired) electrons. The summed E-state index contributed by atoms with van der Waals surface area (Å²) in [5.74, 6) is 0. The van der Waals surface area contributed by atoms with Crippen molar-refractivity contribution in [3.8, 4) is 0 Å². The van der Waals surface area contributed by atoms with Crippen LogP contribution in [0.5, 0.6) is 0 Å². The van der Waals surface area contributed by atoms with Crippen LogP contribution >= 0.6 is 15.2 Å². The third kappa shape index (κ3) is 15.1. The first-order chi connectivity index (χ1) is 10.0. The van der Waals surface area contributed by atoms with Gasteiger partial charge in [0, 0.05) is 13.2 Å². The van der Waals surface area contributed by atoms with Gasteiger partial charge in [-0.15, -0.1) is 0 Å². The summed E-state index contributed by atoms with van der Waals surface area (Å²) < 4.78 is 32.1. The van der Waals surface area contributed by atoms with E-state index in [2.05, 4.69) is 0 Å². The summed E-state index contributed by atoms with van der Waals surface area (Å²) in [5, 5.41) is 9.50. The largest absolute Gasteiger partial charge is 0.388 e. The molecule has 0 bridgehead atoms. The van der Waals surface area contributed by atoms with Gasteiger partial charge in [-0.2, -0.15) is 0 Å². The standard InChI is InChI=1S/C10H25NO9P2/c1-2-4-19-6-10(12)7-20-5-3-11(8-21(13,14)15)9-22(16,17)18/h10,12H,2-9H2,1H3,(H2,13,14,15)(H2,16,17,18). The maximum absolute atomic E-state index is 10.9. The SMILES string of the molecule is CCCOCC(O)COCCN(CP(=O)(O)O)CP(=O)(O)O. The smallest absolute Gasteiger partial charge is 0.339 e. The van der Waals surface area contributed by atoms with Crippen LogP contribution < -0.4 is 0 Å². The summed E-state index contributed by atoms with van der Waals surface area (Å²) >= 11 is 0. The molecule has 0 amide bonds. The molecule has 0 fully saturated rings. The highest BCUT2D eigenvalue weighted by Gasteiger charge is 2.25. The number of aliphatic hydroxyl groups excluding tert-OH is 1. The van der Waals surface area contributed by atoms with E-state index in [-0.39, 0.29) is 26.4 Å². The summed E-state index contributed by atoms with van der Waals surface area (Å²) in [6.07, 6.45) is -1.55. The normalized spacial score (nSPS) is 14.5. The predicted molar refractivity (Wildman–Crippen MR) is 78.5 cm³/mol. The molecule has 0 spiro atoms. The Labute approximate surface area is 129 Å². The predicted octanol–water partition coefficient (Wildman–Crippen LogP) is -0.637. The molecule has 0 aliphatic carbocycles. The van der Waals surface area contributed by atoms with Gasteiger partial charge >= 0.3 is 15.2 Å². The van der Waals surface area contributed by atoms with Crippen LogP contribution in [0, 0.1) is 0 Å². The fraction of sp³-hybridized carbons (Fsp3) is 1.00. The Kier molecular flexibility index (Phi) is 10.9. The van der Waals surface area contributed by atoms with Gasteiger partial charge in [0.1, 0.15) is 18.7 Å².